The van der Waals surface area contributed by atoms with Crippen LogP contribution in [0.2, 0.25) is 0 Å². The third-order valence-electron chi connectivity index (χ3n) is 2.81. The molecule has 1 heterocycles. The minimum atomic E-state index is -2.72. The Hall–Kier alpha value is -1.53. The number of aromatic nitrogens is 2. The van der Waals surface area contributed by atoms with Crippen LogP contribution in [0.1, 0.15) is 5.82 Å². The van der Waals surface area contributed by atoms with Crippen LogP contribution in [0.4, 0.5) is 8.78 Å². The van der Waals surface area contributed by atoms with Crippen molar-refractivity contribution in [2.75, 3.05) is 6.54 Å². The topological polar surface area (TPSA) is 50.1 Å². The zero-order valence-corrected chi connectivity index (χ0v) is 9.98. The maximum Gasteiger partial charge on any atom is 0.265 e. The number of benzene rings is 1. The number of aliphatic hydroxyl groups is 1. The Morgan fingerprint density at radius 1 is 1.39 bits per heavy atom. The van der Waals surface area contributed by atoms with Gasteiger partial charge in [-0.05, 0) is 12.1 Å². The number of imidazole rings is 1. The molecule has 0 fully saturated rings. The first kappa shape index (κ1) is 12.9. The second-order valence-electron chi connectivity index (χ2n) is 4.11. The van der Waals surface area contributed by atoms with Crippen molar-refractivity contribution in [1.29, 1.82) is 0 Å². The molecule has 0 bridgehead atoms. The summed E-state index contributed by atoms with van der Waals surface area (Å²) >= 11 is 0. The van der Waals surface area contributed by atoms with Gasteiger partial charge < -0.3 is 15.0 Å². The fraction of sp³-hybridized carbons (Fsp3) is 0.417. The Morgan fingerprint density at radius 2 is 2.11 bits per heavy atom. The van der Waals surface area contributed by atoms with Crippen LogP contribution in [-0.2, 0) is 13.6 Å². The number of nitrogens with zero attached hydrogens (tertiary/aromatic N) is 2. The van der Waals surface area contributed by atoms with Gasteiger partial charge in [0.15, 0.2) is 0 Å². The predicted molar refractivity (Wildman–Crippen MR) is 64.4 cm³/mol. The van der Waals surface area contributed by atoms with E-state index in [9.17, 15) is 8.78 Å². The van der Waals surface area contributed by atoms with Crippen LogP contribution in [0.25, 0.3) is 11.0 Å². The van der Waals surface area contributed by atoms with E-state index in [-0.39, 0.29) is 6.54 Å². The summed E-state index contributed by atoms with van der Waals surface area (Å²) in [6, 6.07) is 7.65. The molecule has 4 nitrogen and oxygen atoms in total. The van der Waals surface area contributed by atoms with E-state index in [1.807, 2.05) is 35.9 Å². The van der Waals surface area contributed by atoms with Gasteiger partial charge in [-0.3, -0.25) is 0 Å². The van der Waals surface area contributed by atoms with Crippen LogP contribution in [0.5, 0.6) is 0 Å². The molecule has 1 unspecified atom stereocenters. The number of rotatable bonds is 5. The first-order valence-electron chi connectivity index (χ1n) is 5.67. The molecular formula is C12H15F2N3O. The second-order valence-corrected chi connectivity index (χ2v) is 4.11. The Bertz CT molecular complexity index is 527. The molecule has 0 saturated heterocycles. The van der Waals surface area contributed by atoms with E-state index in [0.29, 0.717) is 6.54 Å². The lowest BCUT2D eigenvalue weighted by Gasteiger charge is -2.10. The maximum absolute atomic E-state index is 12.1. The fourth-order valence-electron chi connectivity index (χ4n) is 1.77. The number of aryl methyl sites for hydroxylation is 1. The Balaban J connectivity index is 2.02. The van der Waals surface area contributed by atoms with Gasteiger partial charge in [-0.15, -0.1) is 0 Å². The van der Waals surface area contributed by atoms with Gasteiger partial charge in [0.05, 0.1) is 17.6 Å². The van der Waals surface area contributed by atoms with Crippen molar-refractivity contribution in [1.82, 2.24) is 14.9 Å². The minimum absolute atomic E-state index is 0.152. The lowest BCUT2D eigenvalue weighted by molar-refractivity contribution is -0.00350. The van der Waals surface area contributed by atoms with E-state index in [1.54, 1.807) is 0 Å². The normalized spacial score (nSPS) is 13.4. The SMILES string of the molecule is Cn1c(CNCC(O)C(F)F)nc2ccccc21. The standard InChI is InChI=1S/C12H15F2N3O/c1-17-9-5-3-2-4-8(9)16-11(17)7-15-6-10(18)12(13)14/h2-5,10,12,15,18H,6-7H2,1H3. The van der Waals surface area contributed by atoms with Gasteiger partial charge in [0.2, 0.25) is 0 Å². The summed E-state index contributed by atoms with van der Waals surface area (Å²) in [4.78, 5) is 4.39. The van der Waals surface area contributed by atoms with Crippen molar-refractivity contribution in [3.63, 3.8) is 0 Å². The Morgan fingerprint density at radius 3 is 2.78 bits per heavy atom. The molecule has 0 aliphatic carbocycles. The van der Waals surface area contributed by atoms with Crippen molar-refractivity contribution < 1.29 is 13.9 Å². The average Bonchev–Trinajstić information content (AvgIpc) is 2.67. The Kier molecular flexibility index (Phi) is 3.88. The molecule has 2 rings (SSSR count). The van der Waals surface area contributed by atoms with Gasteiger partial charge >= 0.3 is 0 Å². The summed E-state index contributed by atoms with van der Waals surface area (Å²) in [6.45, 7) is 0.190. The first-order valence-corrected chi connectivity index (χ1v) is 5.67. The molecule has 98 valence electrons. The average molecular weight is 255 g/mol. The molecule has 0 saturated carbocycles. The number of hydrogen-bond acceptors (Lipinski definition) is 3. The third kappa shape index (κ3) is 2.65. The quantitative estimate of drug-likeness (QED) is 0.846. The van der Waals surface area contributed by atoms with Gasteiger partial charge in [0, 0.05) is 13.6 Å². The second kappa shape index (κ2) is 5.41. The summed E-state index contributed by atoms with van der Waals surface area (Å²) < 4.78 is 26.1. The highest BCUT2D eigenvalue weighted by Gasteiger charge is 2.16. The monoisotopic (exact) mass is 255 g/mol. The number of aliphatic hydroxyl groups excluding tert-OH is 1. The lowest BCUT2D eigenvalue weighted by atomic mass is 10.3. The summed E-state index contributed by atoms with van der Waals surface area (Å²) in [5, 5.41) is 11.7. The van der Waals surface area contributed by atoms with Gasteiger partial charge in [-0.25, -0.2) is 13.8 Å². The molecule has 0 spiro atoms. The summed E-state index contributed by atoms with van der Waals surface area (Å²) in [6.07, 6.45) is -4.36. The molecular weight excluding hydrogens is 240 g/mol. The number of fused-ring (bicyclic) bond motifs is 1. The van der Waals surface area contributed by atoms with Crippen molar-refractivity contribution >= 4 is 11.0 Å². The summed E-state index contributed by atoms with van der Waals surface area (Å²) in [7, 11) is 1.87. The fourth-order valence-corrected chi connectivity index (χ4v) is 1.77. The van der Waals surface area contributed by atoms with Gasteiger partial charge in [0.1, 0.15) is 11.9 Å². The van der Waals surface area contributed by atoms with Crippen molar-refractivity contribution in [3.8, 4) is 0 Å². The maximum atomic E-state index is 12.1. The molecule has 18 heavy (non-hydrogen) atoms. The van der Waals surface area contributed by atoms with E-state index in [1.165, 1.54) is 0 Å². The zero-order chi connectivity index (χ0) is 13.1. The van der Waals surface area contributed by atoms with E-state index >= 15 is 0 Å². The number of hydrogen-bond donors (Lipinski definition) is 2. The largest absolute Gasteiger partial charge is 0.386 e. The van der Waals surface area contributed by atoms with E-state index in [0.717, 1.165) is 16.9 Å². The molecule has 0 aliphatic rings. The molecule has 1 aromatic carbocycles. The van der Waals surface area contributed by atoms with Crippen LogP contribution in [0.3, 0.4) is 0 Å². The molecule has 2 N–H and O–H groups in total. The molecule has 2 aromatic rings. The van der Waals surface area contributed by atoms with Crippen LogP contribution in [0, 0.1) is 0 Å². The number of nitrogens with one attached hydrogen (secondary N) is 1. The first-order chi connectivity index (χ1) is 8.59. The number of halogens is 2. The molecule has 6 heteroatoms. The molecule has 0 amide bonds. The highest BCUT2D eigenvalue weighted by atomic mass is 19.3. The van der Waals surface area contributed by atoms with Crippen LogP contribution < -0.4 is 5.32 Å². The highest BCUT2D eigenvalue weighted by Crippen LogP contribution is 2.13. The van der Waals surface area contributed by atoms with Gasteiger partial charge in [-0.2, -0.15) is 0 Å². The van der Waals surface area contributed by atoms with Gasteiger partial charge in [0.25, 0.3) is 6.43 Å². The predicted octanol–water partition coefficient (Wildman–Crippen LogP) is 1.29. The van der Waals surface area contributed by atoms with Crippen molar-refractivity contribution in [3.05, 3.63) is 30.1 Å². The molecule has 1 aromatic heterocycles. The highest BCUT2D eigenvalue weighted by molar-refractivity contribution is 5.75. The molecule has 1 atom stereocenters. The van der Waals surface area contributed by atoms with Crippen LogP contribution in [-0.4, -0.2) is 33.7 Å². The number of alkyl halides is 2. The van der Waals surface area contributed by atoms with Crippen LogP contribution >= 0.6 is 0 Å². The van der Waals surface area contributed by atoms with Crippen molar-refractivity contribution in [2.24, 2.45) is 7.05 Å². The third-order valence-corrected chi connectivity index (χ3v) is 2.81. The smallest absolute Gasteiger partial charge is 0.265 e. The van der Waals surface area contributed by atoms with Crippen LogP contribution in [0.15, 0.2) is 24.3 Å². The van der Waals surface area contributed by atoms with E-state index in [4.69, 9.17) is 5.11 Å². The van der Waals surface area contributed by atoms with E-state index in [2.05, 4.69) is 10.3 Å². The lowest BCUT2D eigenvalue weighted by Crippen LogP contribution is -2.32. The molecule has 0 radical (unpaired) electrons. The zero-order valence-electron chi connectivity index (χ0n) is 9.98. The summed E-state index contributed by atoms with van der Waals surface area (Å²) in [5.74, 6) is 0.748. The molecule has 0 aliphatic heterocycles. The number of para-hydroxylation sites is 2. The van der Waals surface area contributed by atoms with Gasteiger partial charge in [-0.1, -0.05) is 12.1 Å². The Labute approximate surface area is 103 Å². The van der Waals surface area contributed by atoms with Crippen molar-refractivity contribution in [2.45, 2.75) is 19.1 Å². The minimum Gasteiger partial charge on any atom is -0.386 e. The van der Waals surface area contributed by atoms with E-state index < -0.39 is 12.5 Å². The summed E-state index contributed by atoms with van der Waals surface area (Å²) in [5.41, 5.74) is 1.86.